The molecule has 1 aromatic carbocycles. The van der Waals surface area contributed by atoms with Crippen molar-refractivity contribution in [3.05, 3.63) is 35.4 Å². The highest BCUT2D eigenvalue weighted by atomic mass is 35.5. The Labute approximate surface area is 123 Å². The molecule has 1 atom stereocenters. The van der Waals surface area contributed by atoms with Crippen molar-refractivity contribution >= 4 is 11.6 Å². The molecule has 0 amide bonds. The maximum atomic E-state index is 11.9. The SMILES string of the molecule is Cc1ccc(CC(CCl)CCCOCC(F)(F)F)cc1. The van der Waals surface area contributed by atoms with Gasteiger partial charge in [0.15, 0.2) is 0 Å². The van der Waals surface area contributed by atoms with Crippen LogP contribution in [-0.4, -0.2) is 25.3 Å². The molecule has 0 heterocycles. The topological polar surface area (TPSA) is 9.23 Å². The summed E-state index contributed by atoms with van der Waals surface area (Å²) in [4.78, 5) is 0. The van der Waals surface area contributed by atoms with Crippen molar-refractivity contribution in [1.82, 2.24) is 0 Å². The van der Waals surface area contributed by atoms with Gasteiger partial charge in [0.2, 0.25) is 0 Å². The summed E-state index contributed by atoms with van der Waals surface area (Å²) >= 11 is 5.91. The first-order valence-corrected chi connectivity index (χ1v) is 7.20. The van der Waals surface area contributed by atoms with Crippen LogP contribution in [0.3, 0.4) is 0 Å². The lowest BCUT2D eigenvalue weighted by atomic mass is 9.96. The van der Waals surface area contributed by atoms with Crippen LogP contribution in [0.2, 0.25) is 0 Å². The second-order valence-corrected chi connectivity index (χ2v) is 5.33. The van der Waals surface area contributed by atoms with E-state index in [2.05, 4.69) is 16.9 Å². The molecule has 0 fully saturated rings. The molecule has 0 N–H and O–H groups in total. The molecule has 114 valence electrons. The largest absolute Gasteiger partial charge is 0.411 e. The fraction of sp³-hybridized carbons (Fsp3) is 0.600. The van der Waals surface area contributed by atoms with Gasteiger partial charge >= 0.3 is 6.18 Å². The van der Waals surface area contributed by atoms with Gasteiger partial charge in [-0.25, -0.2) is 0 Å². The highest BCUT2D eigenvalue weighted by Gasteiger charge is 2.27. The van der Waals surface area contributed by atoms with E-state index in [0.29, 0.717) is 12.3 Å². The molecule has 0 aromatic heterocycles. The van der Waals surface area contributed by atoms with E-state index in [9.17, 15) is 13.2 Å². The summed E-state index contributed by atoms with van der Waals surface area (Å²) in [6, 6.07) is 8.23. The van der Waals surface area contributed by atoms with Gasteiger partial charge in [-0.05, 0) is 37.7 Å². The molecule has 5 heteroatoms. The molecular formula is C15H20ClF3O. The van der Waals surface area contributed by atoms with Crippen LogP contribution >= 0.6 is 11.6 Å². The number of alkyl halides is 4. The Balaban J connectivity index is 2.24. The quantitative estimate of drug-likeness (QED) is 0.497. The lowest BCUT2D eigenvalue weighted by molar-refractivity contribution is -0.174. The molecule has 1 rings (SSSR count). The van der Waals surface area contributed by atoms with Crippen LogP contribution in [0.15, 0.2) is 24.3 Å². The van der Waals surface area contributed by atoms with Crippen LogP contribution in [0, 0.1) is 12.8 Å². The number of hydrogen-bond acceptors (Lipinski definition) is 1. The van der Waals surface area contributed by atoms with Crippen molar-refractivity contribution in [1.29, 1.82) is 0 Å². The summed E-state index contributed by atoms with van der Waals surface area (Å²) in [6.07, 6.45) is -2.02. The molecule has 0 spiro atoms. The lowest BCUT2D eigenvalue weighted by Gasteiger charge is -2.14. The number of rotatable bonds is 8. The average Bonchev–Trinajstić information content (AvgIpc) is 2.38. The molecule has 0 aliphatic carbocycles. The standard InChI is InChI=1S/C15H20ClF3O/c1-12-4-6-13(7-5-12)9-14(10-16)3-2-8-20-11-15(17,18)19/h4-7,14H,2-3,8-11H2,1H3. The number of hydrogen-bond donors (Lipinski definition) is 0. The van der Waals surface area contributed by atoms with E-state index >= 15 is 0 Å². The third-order valence-corrected chi connectivity index (χ3v) is 3.47. The minimum Gasteiger partial charge on any atom is -0.372 e. The molecule has 0 saturated carbocycles. The zero-order valence-electron chi connectivity index (χ0n) is 11.5. The van der Waals surface area contributed by atoms with Gasteiger partial charge in [0, 0.05) is 12.5 Å². The first-order valence-electron chi connectivity index (χ1n) is 6.66. The first kappa shape index (κ1) is 17.3. The van der Waals surface area contributed by atoms with E-state index in [1.54, 1.807) is 0 Å². The third kappa shape index (κ3) is 7.75. The average molecular weight is 309 g/mol. The van der Waals surface area contributed by atoms with Crippen molar-refractivity contribution in [3.63, 3.8) is 0 Å². The second-order valence-electron chi connectivity index (χ2n) is 5.02. The smallest absolute Gasteiger partial charge is 0.372 e. The van der Waals surface area contributed by atoms with E-state index in [1.807, 2.05) is 19.1 Å². The second kappa shape index (κ2) is 8.53. The zero-order valence-corrected chi connectivity index (χ0v) is 12.3. The Hall–Kier alpha value is -0.740. The fourth-order valence-electron chi connectivity index (χ4n) is 1.95. The number of benzene rings is 1. The number of halogens is 4. The van der Waals surface area contributed by atoms with Gasteiger partial charge in [-0.2, -0.15) is 13.2 Å². The molecule has 1 unspecified atom stereocenters. The van der Waals surface area contributed by atoms with Crippen LogP contribution in [0.5, 0.6) is 0 Å². The van der Waals surface area contributed by atoms with Crippen LogP contribution in [-0.2, 0) is 11.2 Å². The minimum atomic E-state index is -4.24. The van der Waals surface area contributed by atoms with Gasteiger partial charge in [0.05, 0.1) is 0 Å². The van der Waals surface area contributed by atoms with Gasteiger partial charge in [-0.1, -0.05) is 29.8 Å². The maximum absolute atomic E-state index is 11.9. The van der Waals surface area contributed by atoms with Gasteiger partial charge in [-0.15, -0.1) is 11.6 Å². The van der Waals surface area contributed by atoms with Crippen molar-refractivity contribution in [2.24, 2.45) is 5.92 Å². The Kier molecular flexibility index (Phi) is 7.38. The van der Waals surface area contributed by atoms with Crippen LogP contribution in [0.4, 0.5) is 13.2 Å². The molecule has 0 aliphatic heterocycles. The molecule has 1 nitrogen and oxygen atoms in total. The van der Waals surface area contributed by atoms with E-state index in [1.165, 1.54) is 11.1 Å². The van der Waals surface area contributed by atoms with E-state index in [4.69, 9.17) is 11.6 Å². The molecule has 20 heavy (non-hydrogen) atoms. The first-order chi connectivity index (χ1) is 9.40. The lowest BCUT2D eigenvalue weighted by Crippen LogP contribution is -2.17. The van der Waals surface area contributed by atoms with Gasteiger partial charge in [0.1, 0.15) is 6.61 Å². The van der Waals surface area contributed by atoms with Crippen molar-refractivity contribution in [2.75, 3.05) is 19.1 Å². The van der Waals surface area contributed by atoms with Gasteiger partial charge < -0.3 is 4.74 Å². The predicted molar refractivity (Wildman–Crippen MR) is 75.2 cm³/mol. The predicted octanol–water partition coefficient (Wildman–Crippen LogP) is 4.75. The fourth-order valence-corrected chi connectivity index (χ4v) is 2.22. The van der Waals surface area contributed by atoms with Crippen molar-refractivity contribution in [2.45, 2.75) is 32.4 Å². The monoisotopic (exact) mass is 308 g/mol. The van der Waals surface area contributed by atoms with Crippen molar-refractivity contribution in [3.8, 4) is 0 Å². The van der Waals surface area contributed by atoms with Crippen molar-refractivity contribution < 1.29 is 17.9 Å². The molecule has 0 saturated heterocycles. The molecule has 1 aromatic rings. The molecular weight excluding hydrogens is 289 g/mol. The normalized spacial score (nSPS) is 13.4. The number of ether oxygens (including phenoxy) is 1. The summed E-state index contributed by atoms with van der Waals surface area (Å²) in [5.41, 5.74) is 2.41. The highest BCUT2D eigenvalue weighted by molar-refractivity contribution is 6.18. The zero-order chi connectivity index (χ0) is 15.0. The van der Waals surface area contributed by atoms with Crippen LogP contribution in [0.1, 0.15) is 24.0 Å². The minimum absolute atomic E-state index is 0.126. The van der Waals surface area contributed by atoms with E-state index in [0.717, 1.165) is 12.8 Å². The van der Waals surface area contributed by atoms with E-state index < -0.39 is 12.8 Å². The Bertz CT molecular complexity index is 376. The van der Waals surface area contributed by atoms with Gasteiger partial charge in [-0.3, -0.25) is 0 Å². The summed E-state index contributed by atoms with van der Waals surface area (Å²) in [5, 5.41) is 0. The van der Waals surface area contributed by atoms with Crippen LogP contribution in [0.25, 0.3) is 0 Å². The Morgan fingerprint density at radius 1 is 1.20 bits per heavy atom. The Morgan fingerprint density at radius 2 is 1.85 bits per heavy atom. The highest BCUT2D eigenvalue weighted by Crippen LogP contribution is 2.18. The number of aryl methyl sites for hydroxylation is 1. The van der Waals surface area contributed by atoms with E-state index in [-0.39, 0.29) is 12.5 Å². The third-order valence-electron chi connectivity index (χ3n) is 3.03. The summed E-state index contributed by atoms with van der Waals surface area (Å²) < 4.78 is 40.2. The molecule has 0 bridgehead atoms. The van der Waals surface area contributed by atoms with Crippen LogP contribution < -0.4 is 0 Å². The molecule has 0 aliphatic rings. The Morgan fingerprint density at radius 3 is 2.40 bits per heavy atom. The van der Waals surface area contributed by atoms with Gasteiger partial charge in [0.25, 0.3) is 0 Å². The summed E-state index contributed by atoms with van der Waals surface area (Å²) in [5.74, 6) is 0.779. The summed E-state index contributed by atoms with van der Waals surface area (Å²) in [6.45, 7) is 0.984. The maximum Gasteiger partial charge on any atom is 0.411 e. The summed E-state index contributed by atoms with van der Waals surface area (Å²) in [7, 11) is 0. The molecule has 0 radical (unpaired) electrons.